The Kier molecular flexibility index (Phi) is 5.70. The molecule has 1 heterocycles. The average molecular weight is 346 g/mol. The van der Waals surface area contributed by atoms with Crippen LogP contribution >= 0.6 is 27.5 Å². The summed E-state index contributed by atoms with van der Waals surface area (Å²) in [6.45, 7) is 7.86. The van der Waals surface area contributed by atoms with Gasteiger partial charge in [0.15, 0.2) is 0 Å². The van der Waals surface area contributed by atoms with Crippen LogP contribution in [0, 0.1) is 0 Å². The van der Waals surface area contributed by atoms with Gasteiger partial charge in [0, 0.05) is 23.1 Å². The zero-order chi connectivity index (χ0) is 13.8. The van der Waals surface area contributed by atoms with E-state index in [4.69, 9.17) is 11.6 Å². The van der Waals surface area contributed by atoms with Crippen molar-refractivity contribution in [3.8, 4) is 0 Å². The van der Waals surface area contributed by atoms with Gasteiger partial charge in [-0.1, -0.05) is 17.7 Å². The van der Waals surface area contributed by atoms with Crippen LogP contribution in [-0.2, 0) is 6.54 Å². The van der Waals surface area contributed by atoms with Gasteiger partial charge in [-0.25, -0.2) is 0 Å². The first kappa shape index (κ1) is 15.3. The van der Waals surface area contributed by atoms with E-state index in [0.29, 0.717) is 12.1 Å². The fourth-order valence-corrected chi connectivity index (χ4v) is 2.98. The molecule has 1 aromatic rings. The standard InChI is InChI=1S/C15H22BrClN2/c1-11(2)19-7-5-13(6-8-19)18-10-12-3-4-14(16)15(17)9-12/h3-4,9,11,13,18H,5-8,10H2,1-2H3. The molecule has 106 valence electrons. The molecule has 4 heteroatoms. The minimum Gasteiger partial charge on any atom is -0.310 e. The van der Waals surface area contributed by atoms with Crippen molar-refractivity contribution in [3.63, 3.8) is 0 Å². The summed E-state index contributed by atoms with van der Waals surface area (Å²) in [6.07, 6.45) is 2.48. The van der Waals surface area contributed by atoms with Crippen LogP contribution in [0.25, 0.3) is 0 Å². The Balaban J connectivity index is 1.79. The second-order valence-corrected chi connectivity index (χ2v) is 6.79. The van der Waals surface area contributed by atoms with Crippen molar-refractivity contribution in [1.29, 1.82) is 0 Å². The highest BCUT2D eigenvalue weighted by Crippen LogP contribution is 2.23. The van der Waals surface area contributed by atoms with E-state index in [9.17, 15) is 0 Å². The molecular weight excluding hydrogens is 324 g/mol. The van der Waals surface area contributed by atoms with Gasteiger partial charge < -0.3 is 10.2 Å². The fourth-order valence-electron chi connectivity index (χ4n) is 2.53. The molecule has 0 amide bonds. The van der Waals surface area contributed by atoms with Crippen molar-refractivity contribution in [2.45, 2.75) is 45.3 Å². The van der Waals surface area contributed by atoms with Gasteiger partial charge in [0.05, 0.1) is 5.02 Å². The van der Waals surface area contributed by atoms with Crippen LogP contribution in [0.4, 0.5) is 0 Å². The summed E-state index contributed by atoms with van der Waals surface area (Å²) in [4.78, 5) is 2.55. The predicted molar refractivity (Wildman–Crippen MR) is 85.7 cm³/mol. The van der Waals surface area contributed by atoms with Gasteiger partial charge in [0.1, 0.15) is 0 Å². The zero-order valence-electron chi connectivity index (χ0n) is 11.6. The number of rotatable bonds is 4. The Hall–Kier alpha value is -0.0900. The van der Waals surface area contributed by atoms with Gasteiger partial charge >= 0.3 is 0 Å². The molecule has 19 heavy (non-hydrogen) atoms. The van der Waals surface area contributed by atoms with Gasteiger partial charge in [-0.05, 0) is 73.4 Å². The number of nitrogens with one attached hydrogen (secondary N) is 1. The molecule has 0 bridgehead atoms. The number of benzene rings is 1. The third-order valence-electron chi connectivity index (χ3n) is 3.84. The molecule has 1 aliphatic rings. The molecule has 1 fully saturated rings. The molecule has 0 spiro atoms. The minimum absolute atomic E-state index is 0.637. The molecule has 2 nitrogen and oxygen atoms in total. The SMILES string of the molecule is CC(C)N1CCC(NCc2ccc(Br)c(Cl)c2)CC1. The van der Waals surface area contributed by atoms with E-state index in [1.165, 1.54) is 31.5 Å². The van der Waals surface area contributed by atoms with Crippen molar-refractivity contribution in [1.82, 2.24) is 10.2 Å². The van der Waals surface area contributed by atoms with Gasteiger partial charge in [0.2, 0.25) is 0 Å². The number of hydrogen-bond donors (Lipinski definition) is 1. The monoisotopic (exact) mass is 344 g/mol. The lowest BCUT2D eigenvalue weighted by atomic mass is 10.0. The second kappa shape index (κ2) is 7.07. The first-order chi connectivity index (χ1) is 9.06. The molecule has 1 aromatic carbocycles. The van der Waals surface area contributed by atoms with E-state index >= 15 is 0 Å². The summed E-state index contributed by atoms with van der Waals surface area (Å²) >= 11 is 9.53. The molecule has 2 rings (SSSR count). The predicted octanol–water partition coefficient (Wildman–Crippen LogP) is 4.06. The van der Waals surface area contributed by atoms with Crippen LogP contribution in [0.5, 0.6) is 0 Å². The van der Waals surface area contributed by atoms with Crippen molar-refractivity contribution in [3.05, 3.63) is 33.3 Å². The lowest BCUT2D eigenvalue weighted by Gasteiger charge is -2.35. The Morgan fingerprint density at radius 1 is 1.37 bits per heavy atom. The molecule has 0 saturated carbocycles. The second-order valence-electron chi connectivity index (χ2n) is 5.53. The molecule has 0 aliphatic carbocycles. The molecule has 1 saturated heterocycles. The summed E-state index contributed by atoms with van der Waals surface area (Å²) in [7, 11) is 0. The zero-order valence-corrected chi connectivity index (χ0v) is 14.0. The van der Waals surface area contributed by atoms with E-state index in [1.807, 2.05) is 12.1 Å². The normalized spacial score (nSPS) is 18.2. The van der Waals surface area contributed by atoms with Crippen LogP contribution in [-0.4, -0.2) is 30.1 Å². The molecule has 0 radical (unpaired) electrons. The van der Waals surface area contributed by atoms with Crippen molar-refractivity contribution in [2.75, 3.05) is 13.1 Å². The average Bonchev–Trinajstić information content (AvgIpc) is 2.40. The molecular formula is C15H22BrClN2. The van der Waals surface area contributed by atoms with Crippen LogP contribution in [0.1, 0.15) is 32.3 Å². The maximum atomic E-state index is 6.11. The summed E-state index contributed by atoms with van der Waals surface area (Å²) in [6, 6.07) is 7.47. The third kappa shape index (κ3) is 4.45. The van der Waals surface area contributed by atoms with Gasteiger partial charge in [-0.3, -0.25) is 0 Å². The number of likely N-dealkylation sites (tertiary alicyclic amines) is 1. The lowest BCUT2D eigenvalue weighted by Crippen LogP contribution is -2.44. The highest BCUT2D eigenvalue weighted by atomic mass is 79.9. The van der Waals surface area contributed by atoms with E-state index < -0.39 is 0 Å². The van der Waals surface area contributed by atoms with Crippen molar-refractivity contribution < 1.29 is 0 Å². The van der Waals surface area contributed by atoms with Gasteiger partial charge in [-0.15, -0.1) is 0 Å². The lowest BCUT2D eigenvalue weighted by molar-refractivity contribution is 0.161. The van der Waals surface area contributed by atoms with Crippen LogP contribution in [0.2, 0.25) is 5.02 Å². The first-order valence-electron chi connectivity index (χ1n) is 6.97. The summed E-state index contributed by atoms with van der Waals surface area (Å²) in [5.74, 6) is 0. The van der Waals surface area contributed by atoms with Crippen LogP contribution in [0.15, 0.2) is 22.7 Å². The van der Waals surface area contributed by atoms with Gasteiger partial charge in [-0.2, -0.15) is 0 Å². The number of hydrogen-bond acceptors (Lipinski definition) is 2. The molecule has 1 aliphatic heterocycles. The first-order valence-corrected chi connectivity index (χ1v) is 8.14. The summed E-state index contributed by atoms with van der Waals surface area (Å²) in [5, 5.41) is 4.43. The maximum absolute atomic E-state index is 6.11. The quantitative estimate of drug-likeness (QED) is 0.885. The Morgan fingerprint density at radius 2 is 2.05 bits per heavy atom. The molecule has 0 aromatic heterocycles. The number of halogens is 2. The number of nitrogens with zero attached hydrogens (tertiary/aromatic N) is 1. The van der Waals surface area contributed by atoms with Gasteiger partial charge in [0.25, 0.3) is 0 Å². The van der Waals surface area contributed by atoms with Crippen molar-refractivity contribution >= 4 is 27.5 Å². The van der Waals surface area contributed by atoms with E-state index in [2.05, 4.69) is 46.1 Å². The summed E-state index contributed by atoms with van der Waals surface area (Å²) in [5.41, 5.74) is 1.25. The Morgan fingerprint density at radius 3 is 2.63 bits per heavy atom. The highest BCUT2D eigenvalue weighted by molar-refractivity contribution is 9.10. The topological polar surface area (TPSA) is 15.3 Å². The Bertz CT molecular complexity index is 415. The maximum Gasteiger partial charge on any atom is 0.0551 e. The molecule has 0 atom stereocenters. The number of piperidine rings is 1. The van der Waals surface area contributed by atoms with E-state index in [0.717, 1.165) is 16.0 Å². The van der Waals surface area contributed by atoms with Crippen molar-refractivity contribution in [2.24, 2.45) is 0 Å². The minimum atomic E-state index is 0.637. The molecule has 0 unspecified atom stereocenters. The fraction of sp³-hybridized carbons (Fsp3) is 0.600. The van der Waals surface area contributed by atoms with E-state index in [-0.39, 0.29) is 0 Å². The van der Waals surface area contributed by atoms with Crippen LogP contribution in [0.3, 0.4) is 0 Å². The Labute approximate surface area is 129 Å². The van der Waals surface area contributed by atoms with Crippen LogP contribution < -0.4 is 5.32 Å². The van der Waals surface area contributed by atoms with E-state index in [1.54, 1.807) is 0 Å². The summed E-state index contributed by atoms with van der Waals surface area (Å²) < 4.78 is 0.961. The largest absolute Gasteiger partial charge is 0.310 e. The third-order valence-corrected chi connectivity index (χ3v) is 5.07. The molecule has 1 N–H and O–H groups in total. The smallest absolute Gasteiger partial charge is 0.0551 e. The highest BCUT2D eigenvalue weighted by Gasteiger charge is 2.20.